The van der Waals surface area contributed by atoms with Crippen LogP contribution in [0, 0.1) is 11.8 Å². The maximum atomic E-state index is 12.3. The highest BCUT2D eigenvalue weighted by molar-refractivity contribution is 7.38. The smallest absolute Gasteiger partial charge is 0.412 e. The summed E-state index contributed by atoms with van der Waals surface area (Å²) in [6.45, 7) is 1.82. The van der Waals surface area contributed by atoms with E-state index in [2.05, 4.69) is 21.5 Å². The summed E-state index contributed by atoms with van der Waals surface area (Å²) in [6.07, 6.45) is 0.461. The number of carboxylic acids is 1. The molecule has 1 aromatic carbocycles. The van der Waals surface area contributed by atoms with Crippen molar-refractivity contribution in [3.05, 3.63) is 68.9 Å². The van der Waals surface area contributed by atoms with E-state index >= 15 is 0 Å². The van der Waals surface area contributed by atoms with Gasteiger partial charge in [0.1, 0.15) is 11.5 Å². The van der Waals surface area contributed by atoms with Gasteiger partial charge in [-0.25, -0.2) is 4.79 Å². The third-order valence-corrected chi connectivity index (χ3v) is 8.65. The number of rotatable bonds is 5. The fraction of sp³-hybridized carbons (Fsp3) is 0.208. The van der Waals surface area contributed by atoms with Crippen molar-refractivity contribution in [1.29, 1.82) is 0 Å². The van der Waals surface area contributed by atoms with Crippen molar-refractivity contribution in [3.63, 3.8) is 0 Å². The molecule has 3 heterocycles. The summed E-state index contributed by atoms with van der Waals surface area (Å²) in [5.74, 6) is 5.40. The second-order valence-electron chi connectivity index (χ2n) is 7.76. The summed E-state index contributed by atoms with van der Waals surface area (Å²) < 4.78 is 10.8. The molecule has 1 unspecified atom stereocenters. The number of nitrogens with zero attached hydrogens (tertiary/aromatic N) is 1. The molecule has 6 nitrogen and oxygen atoms in total. The van der Waals surface area contributed by atoms with Crippen LogP contribution in [0.15, 0.2) is 47.8 Å². The predicted molar refractivity (Wildman–Crippen MR) is 131 cm³/mol. The second-order valence-corrected chi connectivity index (χ2v) is 10.8. The normalized spacial score (nSPS) is 14.8. The SMILES string of the molecule is CC(OC(=O)Nc1csnc1C#Cc1cc2cc(C3(C(=O)O)CC3)sc2s1)c1ccccc1. The lowest BCUT2D eigenvalue weighted by atomic mass is 10.1. The summed E-state index contributed by atoms with van der Waals surface area (Å²) in [6, 6.07) is 13.5. The molecule has 1 amide bonds. The minimum atomic E-state index is -0.739. The number of carbonyl (C=O) groups is 2. The van der Waals surface area contributed by atoms with Gasteiger partial charge in [-0.1, -0.05) is 30.3 Å². The number of hydrogen-bond donors (Lipinski definition) is 2. The van der Waals surface area contributed by atoms with Gasteiger partial charge in [0.2, 0.25) is 0 Å². The monoisotopic (exact) mass is 494 g/mol. The molecule has 1 fully saturated rings. The van der Waals surface area contributed by atoms with E-state index in [9.17, 15) is 14.7 Å². The second kappa shape index (κ2) is 8.63. The first-order valence-electron chi connectivity index (χ1n) is 10.2. The average Bonchev–Trinajstić information content (AvgIpc) is 3.12. The molecule has 0 aliphatic heterocycles. The zero-order valence-corrected chi connectivity index (χ0v) is 19.9. The lowest BCUT2D eigenvalue weighted by Crippen LogP contribution is -2.17. The van der Waals surface area contributed by atoms with E-state index in [-0.39, 0.29) is 6.10 Å². The van der Waals surface area contributed by atoms with Gasteiger partial charge in [-0.3, -0.25) is 10.1 Å². The number of benzene rings is 1. The molecule has 3 aromatic heterocycles. The largest absolute Gasteiger partial charge is 0.481 e. The Hall–Kier alpha value is -3.19. The van der Waals surface area contributed by atoms with Gasteiger partial charge in [0.15, 0.2) is 5.69 Å². The van der Waals surface area contributed by atoms with Crippen molar-refractivity contribution in [2.45, 2.75) is 31.3 Å². The number of aromatic nitrogens is 1. The van der Waals surface area contributed by atoms with Crippen LogP contribution in [0.1, 0.15) is 46.9 Å². The molecule has 4 aromatic rings. The van der Waals surface area contributed by atoms with Crippen LogP contribution in [0.5, 0.6) is 0 Å². The van der Waals surface area contributed by atoms with E-state index in [0.717, 1.165) is 24.7 Å². The first-order valence-corrected chi connectivity index (χ1v) is 12.7. The Bertz CT molecular complexity index is 1370. The van der Waals surface area contributed by atoms with Gasteiger partial charge >= 0.3 is 12.1 Å². The molecule has 1 aliphatic carbocycles. The molecule has 1 aliphatic rings. The molecule has 5 rings (SSSR count). The lowest BCUT2D eigenvalue weighted by molar-refractivity contribution is -0.139. The Morgan fingerprint density at radius 1 is 1.18 bits per heavy atom. The van der Waals surface area contributed by atoms with E-state index in [0.29, 0.717) is 24.2 Å². The van der Waals surface area contributed by atoms with Crippen molar-refractivity contribution in [2.24, 2.45) is 0 Å². The maximum absolute atomic E-state index is 12.3. The highest BCUT2D eigenvalue weighted by atomic mass is 32.2. The lowest BCUT2D eigenvalue weighted by Gasteiger charge is -2.13. The molecule has 33 heavy (non-hydrogen) atoms. The van der Waals surface area contributed by atoms with E-state index in [1.807, 2.05) is 49.4 Å². The molecule has 0 spiro atoms. The zero-order chi connectivity index (χ0) is 23.0. The minimum Gasteiger partial charge on any atom is -0.481 e. The number of carbonyl (C=O) groups excluding carboxylic acids is 1. The summed E-state index contributed by atoms with van der Waals surface area (Å²) in [5.41, 5.74) is 1.22. The quantitative estimate of drug-likeness (QED) is 0.320. The topological polar surface area (TPSA) is 88.5 Å². The van der Waals surface area contributed by atoms with Gasteiger partial charge in [0.05, 0.1) is 14.6 Å². The third-order valence-electron chi connectivity index (χ3n) is 5.51. The van der Waals surface area contributed by atoms with Gasteiger partial charge in [-0.2, -0.15) is 4.37 Å². The van der Waals surface area contributed by atoms with Crippen LogP contribution in [0.25, 0.3) is 9.40 Å². The molecular weight excluding hydrogens is 476 g/mol. The van der Waals surface area contributed by atoms with Crippen LogP contribution in [-0.2, 0) is 14.9 Å². The molecule has 9 heteroatoms. The maximum Gasteiger partial charge on any atom is 0.412 e. The van der Waals surface area contributed by atoms with E-state index in [1.54, 1.807) is 5.38 Å². The van der Waals surface area contributed by atoms with E-state index in [4.69, 9.17) is 4.74 Å². The molecule has 0 saturated heterocycles. The number of nitrogens with one attached hydrogen (secondary N) is 1. The van der Waals surface area contributed by atoms with E-state index < -0.39 is 17.5 Å². The Labute approximate surface area is 202 Å². The minimum absolute atomic E-state index is 0.382. The Morgan fingerprint density at radius 3 is 2.67 bits per heavy atom. The van der Waals surface area contributed by atoms with Crippen molar-refractivity contribution >= 4 is 61.4 Å². The molecule has 1 atom stereocenters. The molecule has 0 radical (unpaired) electrons. The van der Waals surface area contributed by atoms with Crippen LogP contribution in [0.2, 0.25) is 0 Å². The summed E-state index contributed by atoms with van der Waals surface area (Å²) >= 11 is 4.28. The first-order chi connectivity index (χ1) is 15.9. The van der Waals surface area contributed by atoms with Gasteiger partial charge in [0.25, 0.3) is 0 Å². The Balaban J connectivity index is 1.27. The number of hydrogen-bond acceptors (Lipinski definition) is 7. The van der Waals surface area contributed by atoms with Gasteiger partial charge in [-0.15, -0.1) is 22.7 Å². The standard InChI is InChI=1S/C24H18N2O4S3/c1-14(15-5-3-2-4-6-15)30-23(29)25-19-13-31-26-18(19)8-7-17-11-16-12-20(33-21(16)32-17)24(9-10-24)22(27)28/h2-6,11-14H,9-10H2,1H3,(H,25,29)(H,27,28). The van der Waals surface area contributed by atoms with E-state index in [1.165, 1.54) is 34.2 Å². The van der Waals surface area contributed by atoms with Crippen LogP contribution >= 0.6 is 34.2 Å². The number of fused-ring (bicyclic) bond motifs is 1. The number of ether oxygens (including phenoxy) is 1. The number of amides is 1. The Morgan fingerprint density at radius 2 is 1.97 bits per heavy atom. The number of anilines is 1. The average molecular weight is 495 g/mol. The summed E-state index contributed by atoms with van der Waals surface area (Å²) in [5, 5.41) is 15.0. The molecule has 1 saturated carbocycles. The molecule has 166 valence electrons. The fourth-order valence-electron chi connectivity index (χ4n) is 3.46. The predicted octanol–water partition coefficient (Wildman–Crippen LogP) is 6.25. The summed E-state index contributed by atoms with van der Waals surface area (Å²) in [7, 11) is 0. The van der Waals surface area contributed by atoms with Crippen LogP contribution < -0.4 is 5.32 Å². The Kier molecular flexibility index (Phi) is 5.66. The highest BCUT2D eigenvalue weighted by Crippen LogP contribution is 2.52. The van der Waals surface area contributed by atoms with Crippen molar-refractivity contribution in [1.82, 2.24) is 4.37 Å². The van der Waals surface area contributed by atoms with Crippen molar-refractivity contribution < 1.29 is 19.4 Å². The fourth-order valence-corrected chi connectivity index (χ4v) is 6.57. The van der Waals surface area contributed by atoms with Gasteiger partial charge in [-0.05, 0) is 60.8 Å². The zero-order valence-electron chi connectivity index (χ0n) is 17.5. The first kappa shape index (κ1) is 21.6. The van der Waals surface area contributed by atoms with Crippen molar-refractivity contribution in [2.75, 3.05) is 5.32 Å². The van der Waals surface area contributed by atoms with Gasteiger partial charge < -0.3 is 9.84 Å². The number of thiophene rings is 2. The van der Waals surface area contributed by atoms with Crippen LogP contribution in [-0.4, -0.2) is 21.5 Å². The molecule has 2 N–H and O–H groups in total. The van der Waals surface area contributed by atoms with Crippen LogP contribution in [0.4, 0.5) is 10.5 Å². The number of carboxylic acid groups (broad SMARTS) is 1. The number of aliphatic carboxylic acids is 1. The third kappa shape index (κ3) is 4.37. The highest BCUT2D eigenvalue weighted by Gasteiger charge is 2.53. The summed E-state index contributed by atoms with van der Waals surface area (Å²) in [4.78, 5) is 25.7. The molecular formula is C24H18N2O4S3. The molecule has 0 bridgehead atoms. The van der Waals surface area contributed by atoms with Crippen molar-refractivity contribution in [3.8, 4) is 11.8 Å². The van der Waals surface area contributed by atoms with Crippen LogP contribution in [0.3, 0.4) is 0 Å². The van der Waals surface area contributed by atoms with Gasteiger partial charge in [0, 0.05) is 15.6 Å².